The second-order valence-corrected chi connectivity index (χ2v) is 6.56. The van der Waals surface area contributed by atoms with Crippen LogP contribution in [0.5, 0.6) is 0 Å². The molecule has 128 valence electrons. The summed E-state index contributed by atoms with van der Waals surface area (Å²) < 4.78 is 0. The summed E-state index contributed by atoms with van der Waals surface area (Å²) >= 11 is 0. The van der Waals surface area contributed by atoms with Gasteiger partial charge in [0.2, 0.25) is 0 Å². The summed E-state index contributed by atoms with van der Waals surface area (Å²) in [5, 5.41) is 9.23. The van der Waals surface area contributed by atoms with E-state index in [1.807, 2.05) is 54.6 Å². The third kappa shape index (κ3) is 3.86. The third-order valence-electron chi connectivity index (χ3n) is 4.06. The van der Waals surface area contributed by atoms with E-state index in [1.165, 1.54) is 0 Å². The first-order valence-electron chi connectivity index (χ1n) is 8.47. The number of benzene rings is 2. The van der Waals surface area contributed by atoms with Crippen molar-refractivity contribution in [2.45, 2.75) is 26.9 Å². The molecule has 0 radical (unpaired) electrons. The van der Waals surface area contributed by atoms with Crippen LogP contribution in [-0.2, 0) is 13.0 Å². The zero-order valence-corrected chi connectivity index (χ0v) is 14.5. The number of aromatic amines is 1. The van der Waals surface area contributed by atoms with Crippen molar-refractivity contribution in [1.29, 1.82) is 0 Å². The van der Waals surface area contributed by atoms with Crippen molar-refractivity contribution in [2.24, 2.45) is 5.92 Å². The molecule has 0 bridgehead atoms. The smallest absolute Gasteiger partial charge is 0.270 e. The predicted octanol–water partition coefficient (Wildman–Crippen LogP) is 3.79. The number of aromatic nitrogens is 2. The van der Waals surface area contributed by atoms with Crippen LogP contribution in [-0.4, -0.2) is 15.1 Å². The minimum Gasteiger partial charge on any atom is -0.392 e. The maximum Gasteiger partial charge on any atom is 0.270 e. The Hall–Kier alpha value is -2.72. The van der Waals surface area contributed by atoms with Gasteiger partial charge in [-0.1, -0.05) is 68.4 Å². The normalized spacial score (nSPS) is 11.0. The lowest BCUT2D eigenvalue weighted by Gasteiger charge is -2.12. The van der Waals surface area contributed by atoms with Crippen LogP contribution in [0.3, 0.4) is 0 Å². The van der Waals surface area contributed by atoms with Crippen LogP contribution in [0.4, 0.5) is 0 Å². The van der Waals surface area contributed by atoms with Crippen molar-refractivity contribution < 1.29 is 5.11 Å². The Morgan fingerprint density at radius 2 is 1.68 bits per heavy atom. The van der Waals surface area contributed by atoms with Crippen LogP contribution < -0.4 is 5.56 Å². The largest absolute Gasteiger partial charge is 0.392 e. The number of hydrogen-bond acceptors (Lipinski definition) is 3. The van der Waals surface area contributed by atoms with Crippen molar-refractivity contribution in [3.63, 3.8) is 0 Å². The van der Waals surface area contributed by atoms with Gasteiger partial charge in [0.1, 0.15) is 5.69 Å². The maximum atomic E-state index is 12.5. The van der Waals surface area contributed by atoms with Gasteiger partial charge < -0.3 is 10.1 Å². The molecule has 0 aliphatic heterocycles. The molecule has 0 spiro atoms. The Morgan fingerprint density at radius 3 is 2.28 bits per heavy atom. The summed E-state index contributed by atoms with van der Waals surface area (Å²) in [4.78, 5) is 20.2. The highest BCUT2D eigenvalue weighted by molar-refractivity contribution is 5.77. The molecule has 0 saturated heterocycles. The minimum atomic E-state index is -0.144. The Bertz CT molecular complexity index is 897. The molecule has 3 rings (SSSR count). The zero-order valence-electron chi connectivity index (χ0n) is 14.5. The van der Waals surface area contributed by atoms with E-state index >= 15 is 0 Å². The monoisotopic (exact) mass is 334 g/mol. The minimum absolute atomic E-state index is 0.00603. The van der Waals surface area contributed by atoms with E-state index in [1.54, 1.807) is 0 Å². The molecule has 0 fully saturated rings. The number of aliphatic hydroxyl groups is 1. The molecule has 0 unspecified atom stereocenters. The molecule has 2 N–H and O–H groups in total. The Kier molecular flexibility index (Phi) is 5.10. The number of rotatable bonds is 5. The van der Waals surface area contributed by atoms with Gasteiger partial charge in [-0.15, -0.1) is 0 Å². The van der Waals surface area contributed by atoms with Gasteiger partial charge in [0, 0.05) is 11.1 Å². The average molecular weight is 334 g/mol. The number of nitrogens with zero attached hydrogens (tertiary/aromatic N) is 1. The van der Waals surface area contributed by atoms with Crippen LogP contribution >= 0.6 is 0 Å². The van der Waals surface area contributed by atoms with Crippen LogP contribution in [0.2, 0.25) is 0 Å². The first-order valence-corrected chi connectivity index (χ1v) is 8.47. The van der Waals surface area contributed by atoms with Gasteiger partial charge in [0.15, 0.2) is 0 Å². The molecule has 0 aliphatic carbocycles. The summed E-state index contributed by atoms with van der Waals surface area (Å²) in [6.45, 7) is 4.14. The molecule has 0 amide bonds. The van der Waals surface area contributed by atoms with Gasteiger partial charge in [-0.3, -0.25) is 4.79 Å². The highest BCUT2D eigenvalue weighted by Gasteiger charge is 2.15. The topological polar surface area (TPSA) is 66.0 Å². The van der Waals surface area contributed by atoms with E-state index in [4.69, 9.17) is 4.98 Å². The molecular weight excluding hydrogens is 312 g/mol. The summed E-state index contributed by atoms with van der Waals surface area (Å²) in [5.41, 5.74) is 4.55. The fourth-order valence-corrected chi connectivity index (χ4v) is 2.80. The molecule has 1 heterocycles. The highest BCUT2D eigenvalue weighted by atomic mass is 16.3. The first-order chi connectivity index (χ1) is 12.1. The number of hydrogen-bond donors (Lipinski definition) is 2. The number of nitrogens with one attached hydrogen (secondary N) is 1. The molecule has 4 nitrogen and oxygen atoms in total. The Labute approximate surface area is 147 Å². The van der Waals surface area contributed by atoms with E-state index in [-0.39, 0.29) is 12.2 Å². The van der Waals surface area contributed by atoms with Crippen LogP contribution in [0, 0.1) is 5.92 Å². The van der Waals surface area contributed by atoms with E-state index in [9.17, 15) is 9.90 Å². The van der Waals surface area contributed by atoms with E-state index in [0.29, 0.717) is 23.7 Å². The highest BCUT2D eigenvalue weighted by Crippen LogP contribution is 2.28. The third-order valence-corrected chi connectivity index (χ3v) is 4.06. The summed E-state index contributed by atoms with van der Waals surface area (Å²) in [6, 6.07) is 17.4. The molecule has 1 aromatic heterocycles. The van der Waals surface area contributed by atoms with E-state index in [2.05, 4.69) is 18.8 Å². The van der Waals surface area contributed by atoms with E-state index in [0.717, 1.165) is 22.4 Å². The van der Waals surface area contributed by atoms with Gasteiger partial charge in [0.25, 0.3) is 5.56 Å². The predicted molar refractivity (Wildman–Crippen MR) is 100 cm³/mol. The molecule has 4 heteroatoms. The maximum absolute atomic E-state index is 12.5. The van der Waals surface area contributed by atoms with Crippen molar-refractivity contribution in [3.8, 4) is 22.5 Å². The lowest BCUT2D eigenvalue weighted by molar-refractivity contribution is 0.282. The SMILES string of the molecule is CC(C)Cc1nc(-c2ccccc2)c(-c2ccc(CO)cc2)[nH]c1=O. The van der Waals surface area contributed by atoms with Gasteiger partial charge in [-0.05, 0) is 17.9 Å². The van der Waals surface area contributed by atoms with Crippen molar-refractivity contribution in [2.75, 3.05) is 0 Å². The number of H-pyrrole nitrogens is 1. The summed E-state index contributed by atoms with van der Waals surface area (Å²) in [5.74, 6) is 0.354. The van der Waals surface area contributed by atoms with Crippen molar-refractivity contribution in [3.05, 3.63) is 76.2 Å². The first kappa shape index (κ1) is 17.1. The van der Waals surface area contributed by atoms with Gasteiger partial charge in [-0.2, -0.15) is 0 Å². The molecule has 0 aliphatic rings. The molecule has 25 heavy (non-hydrogen) atoms. The molecule has 2 aromatic carbocycles. The van der Waals surface area contributed by atoms with Gasteiger partial charge >= 0.3 is 0 Å². The standard InChI is InChI=1S/C21H22N2O2/c1-14(2)12-18-21(25)23-20(17-10-8-15(13-24)9-11-17)19(22-18)16-6-4-3-5-7-16/h3-11,14,24H,12-13H2,1-2H3,(H,23,25). The quantitative estimate of drug-likeness (QED) is 0.746. The second kappa shape index (κ2) is 7.45. The lowest BCUT2D eigenvalue weighted by Crippen LogP contribution is -2.19. The molecule has 3 aromatic rings. The van der Waals surface area contributed by atoms with Crippen LogP contribution in [0.25, 0.3) is 22.5 Å². The van der Waals surface area contributed by atoms with Gasteiger partial charge in [0.05, 0.1) is 18.0 Å². The van der Waals surface area contributed by atoms with Gasteiger partial charge in [-0.25, -0.2) is 4.98 Å². The van der Waals surface area contributed by atoms with Crippen molar-refractivity contribution >= 4 is 0 Å². The van der Waals surface area contributed by atoms with Crippen molar-refractivity contribution in [1.82, 2.24) is 9.97 Å². The zero-order chi connectivity index (χ0) is 17.8. The average Bonchev–Trinajstić information content (AvgIpc) is 2.63. The lowest BCUT2D eigenvalue weighted by atomic mass is 10.0. The number of aliphatic hydroxyl groups excluding tert-OH is 1. The second-order valence-electron chi connectivity index (χ2n) is 6.56. The molecular formula is C21H22N2O2. The Balaban J connectivity index is 2.18. The van der Waals surface area contributed by atoms with E-state index < -0.39 is 0 Å². The summed E-state index contributed by atoms with van der Waals surface area (Å²) in [6.07, 6.45) is 0.638. The van der Waals surface area contributed by atoms with Crippen LogP contribution in [0.1, 0.15) is 25.1 Å². The fraction of sp³-hybridized carbons (Fsp3) is 0.238. The fourth-order valence-electron chi connectivity index (χ4n) is 2.80. The Morgan fingerprint density at radius 1 is 1.00 bits per heavy atom. The molecule has 0 atom stereocenters. The van der Waals surface area contributed by atoms with Crippen LogP contribution in [0.15, 0.2) is 59.4 Å². The summed E-state index contributed by atoms with van der Waals surface area (Å²) in [7, 11) is 0. The molecule has 0 saturated carbocycles.